The molecule has 0 atom stereocenters. The van der Waals surface area contributed by atoms with Crippen LogP contribution in [0, 0.1) is 5.41 Å². The molecule has 0 spiro atoms. The van der Waals surface area contributed by atoms with Gasteiger partial charge in [0.05, 0.1) is 4.90 Å². The van der Waals surface area contributed by atoms with Crippen LogP contribution in [0.3, 0.4) is 0 Å². The molecule has 124 valence electrons. The van der Waals surface area contributed by atoms with E-state index in [4.69, 9.17) is 5.73 Å². The van der Waals surface area contributed by atoms with Crippen molar-refractivity contribution in [1.29, 1.82) is 0 Å². The molecule has 4 nitrogen and oxygen atoms in total. The molecule has 2 N–H and O–H groups in total. The fourth-order valence-electron chi connectivity index (χ4n) is 2.40. The van der Waals surface area contributed by atoms with Crippen LogP contribution in [0.2, 0.25) is 0 Å². The first-order chi connectivity index (χ1) is 10.8. The van der Waals surface area contributed by atoms with E-state index < -0.39 is 10.0 Å². The summed E-state index contributed by atoms with van der Waals surface area (Å²) in [5.41, 5.74) is 7.33. The van der Waals surface area contributed by atoms with Gasteiger partial charge < -0.3 is 5.73 Å². The van der Waals surface area contributed by atoms with Crippen LogP contribution >= 0.6 is 0 Å². The van der Waals surface area contributed by atoms with E-state index in [9.17, 15) is 8.42 Å². The molecule has 23 heavy (non-hydrogen) atoms. The summed E-state index contributed by atoms with van der Waals surface area (Å²) in [5, 5.41) is 0. The zero-order valence-electron chi connectivity index (χ0n) is 13.9. The molecule has 0 heterocycles. The van der Waals surface area contributed by atoms with Crippen LogP contribution in [0.4, 0.5) is 0 Å². The van der Waals surface area contributed by atoms with E-state index in [0.29, 0.717) is 18.0 Å². The van der Waals surface area contributed by atoms with Gasteiger partial charge in [0.2, 0.25) is 10.0 Å². The zero-order valence-corrected chi connectivity index (χ0v) is 14.7. The number of nitrogens with two attached hydrogens (primary N) is 1. The van der Waals surface area contributed by atoms with Gasteiger partial charge >= 0.3 is 0 Å². The molecule has 0 unspecified atom stereocenters. The Kier molecular flexibility index (Phi) is 5.24. The lowest BCUT2D eigenvalue weighted by atomic mass is 9.94. The first-order valence-electron chi connectivity index (χ1n) is 7.58. The summed E-state index contributed by atoms with van der Waals surface area (Å²) in [4.78, 5) is 0.300. The summed E-state index contributed by atoms with van der Waals surface area (Å²) < 4.78 is 27.0. The third kappa shape index (κ3) is 4.19. The van der Waals surface area contributed by atoms with Crippen molar-refractivity contribution in [3.05, 3.63) is 54.6 Å². The average molecular weight is 332 g/mol. The molecular formula is C18H24N2O2S. The molecule has 0 saturated carbocycles. The van der Waals surface area contributed by atoms with Crippen molar-refractivity contribution in [2.75, 3.05) is 20.1 Å². The minimum absolute atomic E-state index is 0.265. The van der Waals surface area contributed by atoms with Crippen molar-refractivity contribution in [2.45, 2.75) is 18.7 Å². The number of hydrogen-bond donors (Lipinski definition) is 1. The second-order valence-electron chi connectivity index (χ2n) is 6.52. The lowest BCUT2D eigenvalue weighted by Crippen LogP contribution is -2.39. The SMILES string of the molecule is CN(CC(C)(C)CN)S(=O)(=O)c1cccc(-c2ccccc2)c1. The maximum absolute atomic E-state index is 12.8. The highest BCUT2D eigenvalue weighted by Crippen LogP contribution is 2.25. The molecule has 2 rings (SSSR count). The molecule has 0 fully saturated rings. The number of hydrogen-bond acceptors (Lipinski definition) is 3. The van der Waals surface area contributed by atoms with E-state index in [1.54, 1.807) is 25.2 Å². The van der Waals surface area contributed by atoms with Gasteiger partial charge in [0.1, 0.15) is 0 Å². The second kappa shape index (κ2) is 6.83. The Bertz CT molecular complexity index is 756. The Labute approximate surface area is 139 Å². The number of rotatable bonds is 6. The van der Waals surface area contributed by atoms with Crippen LogP contribution in [-0.2, 0) is 10.0 Å². The predicted molar refractivity (Wildman–Crippen MR) is 94.5 cm³/mol. The summed E-state index contributed by atoms with van der Waals surface area (Å²) in [6.07, 6.45) is 0. The van der Waals surface area contributed by atoms with E-state index >= 15 is 0 Å². The van der Waals surface area contributed by atoms with E-state index in [1.807, 2.05) is 50.2 Å². The minimum Gasteiger partial charge on any atom is -0.330 e. The number of sulfonamides is 1. The van der Waals surface area contributed by atoms with Gasteiger partial charge in [0.25, 0.3) is 0 Å². The van der Waals surface area contributed by atoms with Gasteiger partial charge in [-0.3, -0.25) is 0 Å². The Balaban J connectivity index is 2.34. The lowest BCUT2D eigenvalue weighted by molar-refractivity contribution is 0.292. The molecule has 0 amide bonds. The highest BCUT2D eigenvalue weighted by molar-refractivity contribution is 7.89. The summed E-state index contributed by atoms with van der Waals surface area (Å²) in [6.45, 7) is 4.72. The quantitative estimate of drug-likeness (QED) is 0.884. The summed E-state index contributed by atoms with van der Waals surface area (Å²) in [6, 6.07) is 16.8. The van der Waals surface area contributed by atoms with E-state index in [1.165, 1.54) is 4.31 Å². The van der Waals surface area contributed by atoms with Gasteiger partial charge in [-0.1, -0.05) is 56.3 Å². The third-order valence-corrected chi connectivity index (χ3v) is 5.65. The molecule has 2 aromatic rings. The maximum Gasteiger partial charge on any atom is 0.242 e. The van der Waals surface area contributed by atoms with Crippen molar-refractivity contribution >= 4 is 10.0 Å². The normalized spacial score (nSPS) is 12.6. The molecule has 0 bridgehead atoms. The highest BCUT2D eigenvalue weighted by atomic mass is 32.2. The van der Waals surface area contributed by atoms with Crippen LogP contribution in [0.25, 0.3) is 11.1 Å². The summed E-state index contributed by atoms with van der Waals surface area (Å²) in [7, 11) is -1.94. The monoisotopic (exact) mass is 332 g/mol. The Morgan fingerprint density at radius 3 is 2.22 bits per heavy atom. The Morgan fingerprint density at radius 2 is 1.61 bits per heavy atom. The Hall–Kier alpha value is -1.69. The first-order valence-corrected chi connectivity index (χ1v) is 9.02. The minimum atomic E-state index is -3.53. The number of benzene rings is 2. The van der Waals surface area contributed by atoms with Gasteiger partial charge in [-0.15, -0.1) is 0 Å². The molecule has 0 aliphatic heterocycles. The van der Waals surface area contributed by atoms with Crippen molar-refractivity contribution in [3.8, 4) is 11.1 Å². The fraction of sp³-hybridized carbons (Fsp3) is 0.333. The van der Waals surface area contributed by atoms with Crippen molar-refractivity contribution in [1.82, 2.24) is 4.31 Å². The third-order valence-electron chi connectivity index (χ3n) is 3.85. The lowest BCUT2D eigenvalue weighted by Gasteiger charge is -2.28. The van der Waals surface area contributed by atoms with Crippen LogP contribution in [0.5, 0.6) is 0 Å². The van der Waals surface area contributed by atoms with Crippen LogP contribution in [0.1, 0.15) is 13.8 Å². The van der Waals surface area contributed by atoms with Crippen molar-refractivity contribution in [2.24, 2.45) is 11.1 Å². The van der Waals surface area contributed by atoms with Gasteiger partial charge in [-0.2, -0.15) is 0 Å². The van der Waals surface area contributed by atoms with Gasteiger partial charge in [0.15, 0.2) is 0 Å². The van der Waals surface area contributed by atoms with Gasteiger partial charge in [0, 0.05) is 13.6 Å². The van der Waals surface area contributed by atoms with Gasteiger partial charge in [-0.25, -0.2) is 12.7 Å². The maximum atomic E-state index is 12.8. The van der Waals surface area contributed by atoms with Crippen LogP contribution in [-0.4, -0.2) is 32.9 Å². The standard InChI is InChI=1S/C18H24N2O2S/c1-18(2,13-19)14-20(3)23(21,22)17-11-7-10-16(12-17)15-8-5-4-6-9-15/h4-12H,13-14,19H2,1-3H3. The smallest absolute Gasteiger partial charge is 0.242 e. The molecule has 5 heteroatoms. The van der Waals surface area contributed by atoms with E-state index in [2.05, 4.69) is 0 Å². The van der Waals surface area contributed by atoms with Crippen molar-refractivity contribution in [3.63, 3.8) is 0 Å². The molecule has 2 aromatic carbocycles. The largest absolute Gasteiger partial charge is 0.330 e. The van der Waals surface area contributed by atoms with Crippen molar-refractivity contribution < 1.29 is 8.42 Å². The molecule has 0 radical (unpaired) electrons. The topological polar surface area (TPSA) is 63.4 Å². The van der Waals surface area contributed by atoms with Crippen LogP contribution < -0.4 is 5.73 Å². The molecule has 0 aliphatic carbocycles. The fourth-order valence-corrected chi connectivity index (χ4v) is 3.80. The van der Waals surface area contributed by atoms with E-state index in [0.717, 1.165) is 11.1 Å². The average Bonchev–Trinajstić information content (AvgIpc) is 2.55. The predicted octanol–water partition coefficient (Wildman–Crippen LogP) is 2.96. The summed E-state index contributed by atoms with van der Waals surface area (Å²) >= 11 is 0. The van der Waals surface area contributed by atoms with Gasteiger partial charge in [-0.05, 0) is 35.2 Å². The Morgan fingerprint density at radius 1 is 1.00 bits per heavy atom. The second-order valence-corrected chi connectivity index (χ2v) is 8.57. The molecule has 0 aliphatic rings. The highest BCUT2D eigenvalue weighted by Gasteiger charge is 2.27. The first kappa shape index (κ1) is 17.7. The summed E-state index contributed by atoms with van der Waals surface area (Å²) in [5.74, 6) is 0. The molecule has 0 saturated heterocycles. The van der Waals surface area contributed by atoms with Crippen LogP contribution in [0.15, 0.2) is 59.5 Å². The molecule has 0 aromatic heterocycles. The zero-order chi connectivity index (χ0) is 17.1. The number of nitrogens with zero attached hydrogens (tertiary/aromatic N) is 1. The molecular weight excluding hydrogens is 308 g/mol. The van der Waals surface area contributed by atoms with E-state index in [-0.39, 0.29) is 5.41 Å².